The Morgan fingerprint density at radius 2 is 2.05 bits per heavy atom. The Labute approximate surface area is 134 Å². The summed E-state index contributed by atoms with van der Waals surface area (Å²) >= 11 is 6.46. The molecule has 0 aliphatic rings. The van der Waals surface area contributed by atoms with Gasteiger partial charge in [-0.25, -0.2) is 0 Å². The highest BCUT2D eigenvalue weighted by Gasteiger charge is 2.33. The van der Waals surface area contributed by atoms with Gasteiger partial charge < -0.3 is 10.1 Å². The molecule has 4 nitrogen and oxygen atoms in total. The minimum atomic E-state index is -0.213. The van der Waals surface area contributed by atoms with Crippen LogP contribution >= 0.6 is 11.6 Å². The lowest BCUT2D eigenvalue weighted by molar-refractivity contribution is -0.0291. The molecule has 0 amide bonds. The van der Waals surface area contributed by atoms with E-state index in [4.69, 9.17) is 16.3 Å². The first-order chi connectivity index (χ1) is 9.93. The van der Waals surface area contributed by atoms with E-state index in [2.05, 4.69) is 38.1 Å². The molecule has 5 heteroatoms. The summed E-state index contributed by atoms with van der Waals surface area (Å²) in [5.41, 5.74) is 1.79. The van der Waals surface area contributed by atoms with Crippen LogP contribution in [0.1, 0.15) is 51.9 Å². The van der Waals surface area contributed by atoms with E-state index in [0.717, 1.165) is 48.8 Å². The largest absolute Gasteiger partial charge is 0.377 e. The fourth-order valence-corrected chi connectivity index (χ4v) is 2.83. The summed E-state index contributed by atoms with van der Waals surface area (Å²) in [5.74, 6) is 0. The van der Waals surface area contributed by atoms with Crippen LogP contribution in [0.3, 0.4) is 0 Å². The molecule has 0 fully saturated rings. The molecule has 1 N–H and O–H groups in total. The van der Waals surface area contributed by atoms with Crippen molar-refractivity contribution in [1.82, 2.24) is 15.1 Å². The van der Waals surface area contributed by atoms with Crippen molar-refractivity contribution in [3.8, 4) is 0 Å². The first kappa shape index (κ1) is 18.5. The van der Waals surface area contributed by atoms with E-state index in [1.165, 1.54) is 0 Å². The van der Waals surface area contributed by atoms with Crippen molar-refractivity contribution in [3.05, 3.63) is 16.4 Å². The average Bonchev–Trinajstić information content (AvgIpc) is 2.77. The second kappa shape index (κ2) is 8.16. The summed E-state index contributed by atoms with van der Waals surface area (Å²) in [7, 11) is 1.79. The summed E-state index contributed by atoms with van der Waals surface area (Å²) in [6.45, 7) is 12.4. The maximum absolute atomic E-state index is 6.46. The average molecular weight is 316 g/mol. The number of nitrogens with zero attached hydrogens (tertiary/aromatic N) is 2. The minimum Gasteiger partial charge on any atom is -0.377 e. The van der Waals surface area contributed by atoms with E-state index in [9.17, 15) is 0 Å². The Bertz CT molecular complexity index is 441. The number of nitrogens with one attached hydrogen (secondary N) is 1. The number of hydrogen-bond donors (Lipinski definition) is 1. The van der Waals surface area contributed by atoms with E-state index < -0.39 is 0 Å². The normalized spacial score (nSPS) is 16.0. The molecule has 0 aliphatic heterocycles. The number of methoxy groups -OCH3 is 1. The number of halogens is 1. The monoisotopic (exact) mass is 315 g/mol. The molecule has 21 heavy (non-hydrogen) atoms. The van der Waals surface area contributed by atoms with E-state index in [-0.39, 0.29) is 11.6 Å². The Morgan fingerprint density at radius 3 is 2.52 bits per heavy atom. The van der Waals surface area contributed by atoms with Crippen LogP contribution in [-0.4, -0.2) is 35.1 Å². The SMILES string of the molecule is CCCNC(Cc1c(Cl)c(C)nn1CC)C(C)(CC)OC. The second-order valence-corrected chi connectivity index (χ2v) is 6.12. The number of aromatic nitrogens is 2. The fourth-order valence-electron chi connectivity index (χ4n) is 2.61. The molecule has 1 rings (SSSR count). The molecule has 0 radical (unpaired) electrons. The van der Waals surface area contributed by atoms with Gasteiger partial charge in [0.2, 0.25) is 0 Å². The topological polar surface area (TPSA) is 39.1 Å². The molecule has 1 aromatic rings. The van der Waals surface area contributed by atoms with Crippen LogP contribution in [0.2, 0.25) is 5.02 Å². The van der Waals surface area contributed by atoms with E-state index in [1.54, 1.807) is 7.11 Å². The number of hydrogen-bond acceptors (Lipinski definition) is 3. The maximum Gasteiger partial charge on any atom is 0.0847 e. The van der Waals surface area contributed by atoms with E-state index in [1.807, 2.05) is 11.6 Å². The predicted molar refractivity (Wildman–Crippen MR) is 89.1 cm³/mol. The van der Waals surface area contributed by atoms with Crippen molar-refractivity contribution in [2.75, 3.05) is 13.7 Å². The molecule has 1 aromatic heterocycles. The molecule has 2 unspecified atom stereocenters. The molecular weight excluding hydrogens is 286 g/mol. The van der Waals surface area contributed by atoms with Crippen LogP contribution in [0.4, 0.5) is 0 Å². The zero-order chi connectivity index (χ0) is 16.0. The minimum absolute atomic E-state index is 0.213. The molecule has 2 atom stereocenters. The van der Waals surface area contributed by atoms with Gasteiger partial charge in [-0.2, -0.15) is 5.10 Å². The van der Waals surface area contributed by atoms with Gasteiger partial charge in [-0.15, -0.1) is 0 Å². The van der Waals surface area contributed by atoms with Gasteiger partial charge >= 0.3 is 0 Å². The molecule has 0 bridgehead atoms. The van der Waals surface area contributed by atoms with Gasteiger partial charge in [0.05, 0.1) is 22.0 Å². The summed E-state index contributed by atoms with van der Waals surface area (Å²) in [5, 5.41) is 8.92. The molecule has 0 saturated carbocycles. The Kier molecular flexibility index (Phi) is 7.17. The van der Waals surface area contributed by atoms with Crippen molar-refractivity contribution in [1.29, 1.82) is 0 Å². The highest BCUT2D eigenvalue weighted by atomic mass is 35.5. The molecule has 1 heterocycles. The Hall–Kier alpha value is -0.580. The van der Waals surface area contributed by atoms with Crippen LogP contribution in [-0.2, 0) is 17.7 Å². The number of rotatable bonds is 9. The van der Waals surface area contributed by atoms with Crippen LogP contribution in [0.5, 0.6) is 0 Å². The number of ether oxygens (including phenoxy) is 1. The van der Waals surface area contributed by atoms with Gasteiger partial charge in [-0.3, -0.25) is 4.68 Å². The lowest BCUT2D eigenvalue weighted by atomic mass is 9.89. The zero-order valence-corrected chi connectivity index (χ0v) is 15.0. The third-order valence-corrected chi connectivity index (χ3v) is 4.89. The standard InChI is InChI=1S/C16H30ClN3O/c1-7-10-18-14(16(5,8-2)21-6)11-13-15(17)12(4)19-20(13)9-3/h14,18H,7-11H2,1-6H3. The summed E-state index contributed by atoms with van der Waals surface area (Å²) < 4.78 is 7.81. The Balaban J connectivity index is 3.06. The van der Waals surface area contributed by atoms with Crippen molar-refractivity contribution in [2.24, 2.45) is 0 Å². The van der Waals surface area contributed by atoms with Crippen molar-refractivity contribution < 1.29 is 4.74 Å². The van der Waals surface area contributed by atoms with Gasteiger partial charge in [-0.1, -0.05) is 25.4 Å². The highest BCUT2D eigenvalue weighted by Crippen LogP contribution is 2.27. The van der Waals surface area contributed by atoms with Crippen molar-refractivity contribution in [3.63, 3.8) is 0 Å². The van der Waals surface area contributed by atoms with Crippen molar-refractivity contribution >= 4 is 11.6 Å². The third kappa shape index (κ3) is 4.21. The smallest absolute Gasteiger partial charge is 0.0847 e. The van der Waals surface area contributed by atoms with Gasteiger partial charge in [0.15, 0.2) is 0 Å². The second-order valence-electron chi connectivity index (χ2n) is 5.74. The predicted octanol–water partition coefficient (Wildman–Crippen LogP) is 3.59. The molecular formula is C16H30ClN3O. The third-order valence-electron chi connectivity index (χ3n) is 4.40. The number of aryl methyl sites for hydroxylation is 2. The zero-order valence-electron chi connectivity index (χ0n) is 14.3. The molecule has 0 saturated heterocycles. The van der Waals surface area contributed by atoms with E-state index >= 15 is 0 Å². The maximum atomic E-state index is 6.46. The lowest BCUT2D eigenvalue weighted by Crippen LogP contribution is -2.51. The first-order valence-corrected chi connectivity index (χ1v) is 8.31. The van der Waals surface area contributed by atoms with Gasteiger partial charge in [0.1, 0.15) is 0 Å². The van der Waals surface area contributed by atoms with Gasteiger partial charge in [0, 0.05) is 26.1 Å². The van der Waals surface area contributed by atoms with Crippen LogP contribution in [0.15, 0.2) is 0 Å². The molecule has 0 aromatic carbocycles. The summed E-state index contributed by atoms with van der Waals surface area (Å²) in [4.78, 5) is 0. The lowest BCUT2D eigenvalue weighted by Gasteiger charge is -2.36. The van der Waals surface area contributed by atoms with E-state index in [0.29, 0.717) is 0 Å². The van der Waals surface area contributed by atoms with Gasteiger partial charge in [0.25, 0.3) is 0 Å². The quantitative estimate of drug-likeness (QED) is 0.757. The van der Waals surface area contributed by atoms with Crippen LogP contribution in [0.25, 0.3) is 0 Å². The first-order valence-electron chi connectivity index (χ1n) is 7.93. The summed E-state index contributed by atoms with van der Waals surface area (Å²) in [6, 6.07) is 0.214. The molecule has 122 valence electrons. The van der Waals surface area contributed by atoms with Gasteiger partial charge in [-0.05, 0) is 40.2 Å². The Morgan fingerprint density at radius 1 is 1.38 bits per heavy atom. The molecule has 0 aliphatic carbocycles. The van der Waals surface area contributed by atoms with Crippen LogP contribution in [0, 0.1) is 6.92 Å². The fraction of sp³-hybridized carbons (Fsp3) is 0.812. The molecule has 0 spiro atoms. The van der Waals surface area contributed by atoms with Crippen LogP contribution < -0.4 is 5.32 Å². The summed E-state index contributed by atoms with van der Waals surface area (Å²) in [6.07, 6.45) is 2.87. The highest BCUT2D eigenvalue weighted by molar-refractivity contribution is 6.31. The van der Waals surface area contributed by atoms with Crippen molar-refractivity contribution in [2.45, 2.75) is 72.1 Å².